The number of nitrogens with one attached hydrogen (secondary N) is 2. The third-order valence-corrected chi connectivity index (χ3v) is 3.92. The fourth-order valence-corrected chi connectivity index (χ4v) is 2.56. The Kier molecular flexibility index (Phi) is 6.75. The van der Waals surface area contributed by atoms with E-state index in [2.05, 4.69) is 15.4 Å². The molecule has 25 heavy (non-hydrogen) atoms. The predicted octanol–water partition coefficient (Wildman–Crippen LogP) is 5.06. The number of hydrogen-bond donors (Lipinski definition) is 2. The van der Waals surface area contributed by atoms with Gasteiger partial charge in [0, 0.05) is 23.1 Å². The van der Waals surface area contributed by atoms with Crippen LogP contribution in [0.4, 0.5) is 13.2 Å². The second-order valence-corrected chi connectivity index (χ2v) is 6.22. The minimum atomic E-state index is -4.72. The van der Waals surface area contributed by atoms with Gasteiger partial charge in [-0.25, -0.2) is 0 Å². The molecule has 0 atom stereocenters. The Hall–Kier alpha value is -1.70. The molecule has 0 unspecified atom stereocenters. The maximum atomic E-state index is 12.2. The van der Waals surface area contributed by atoms with Crippen molar-refractivity contribution >= 4 is 40.5 Å². The zero-order valence-corrected chi connectivity index (χ0v) is 15.0. The first-order valence-electron chi connectivity index (χ1n) is 7.03. The van der Waals surface area contributed by atoms with Crippen molar-refractivity contribution in [2.75, 3.05) is 0 Å². The summed E-state index contributed by atoms with van der Waals surface area (Å²) in [5, 5.41) is 7.26. The van der Waals surface area contributed by atoms with E-state index in [1.165, 1.54) is 18.2 Å². The van der Waals surface area contributed by atoms with Crippen LogP contribution in [0.15, 0.2) is 42.5 Å². The molecule has 0 aliphatic heterocycles. The van der Waals surface area contributed by atoms with Gasteiger partial charge in [-0.3, -0.25) is 0 Å². The Bertz CT molecular complexity index is 756. The molecule has 2 N–H and O–H groups in total. The molecule has 0 saturated carbocycles. The van der Waals surface area contributed by atoms with Gasteiger partial charge in [0.25, 0.3) is 0 Å². The van der Waals surface area contributed by atoms with Crippen LogP contribution in [0.5, 0.6) is 5.75 Å². The second-order valence-electron chi connectivity index (χ2n) is 4.97. The fourth-order valence-electron chi connectivity index (χ4n) is 1.94. The molecule has 2 aromatic rings. The molecule has 0 amide bonds. The monoisotopic (exact) mass is 408 g/mol. The molecule has 0 spiro atoms. The number of benzene rings is 2. The van der Waals surface area contributed by atoms with E-state index in [1.54, 1.807) is 24.3 Å². The summed E-state index contributed by atoms with van der Waals surface area (Å²) in [6.07, 6.45) is -4.72. The van der Waals surface area contributed by atoms with Crippen molar-refractivity contribution in [3.8, 4) is 5.75 Å². The minimum absolute atomic E-state index is 0.245. The zero-order chi connectivity index (χ0) is 18.4. The number of ether oxygens (including phenoxy) is 1. The van der Waals surface area contributed by atoms with Gasteiger partial charge in [-0.2, -0.15) is 0 Å². The minimum Gasteiger partial charge on any atom is -0.406 e. The molecule has 9 heteroatoms. The van der Waals surface area contributed by atoms with Gasteiger partial charge in [0.2, 0.25) is 0 Å². The molecule has 0 fully saturated rings. The smallest absolute Gasteiger partial charge is 0.406 e. The quantitative estimate of drug-likeness (QED) is 0.677. The lowest BCUT2D eigenvalue weighted by atomic mass is 10.2. The van der Waals surface area contributed by atoms with E-state index in [0.717, 1.165) is 5.56 Å². The molecule has 0 aliphatic rings. The summed E-state index contributed by atoms with van der Waals surface area (Å²) in [6, 6.07) is 10.8. The van der Waals surface area contributed by atoms with Crippen molar-refractivity contribution in [3.63, 3.8) is 0 Å². The van der Waals surface area contributed by atoms with E-state index >= 15 is 0 Å². The molecule has 0 aliphatic carbocycles. The Morgan fingerprint density at radius 1 is 1.04 bits per heavy atom. The van der Waals surface area contributed by atoms with Gasteiger partial charge in [0.05, 0.1) is 0 Å². The van der Waals surface area contributed by atoms with Crippen molar-refractivity contribution in [2.45, 2.75) is 19.5 Å². The summed E-state index contributed by atoms with van der Waals surface area (Å²) in [4.78, 5) is 0. The van der Waals surface area contributed by atoms with Gasteiger partial charge in [0.1, 0.15) is 5.75 Å². The number of halogens is 5. The lowest BCUT2D eigenvalue weighted by Crippen LogP contribution is -2.34. The van der Waals surface area contributed by atoms with Crippen LogP contribution in [0.2, 0.25) is 10.0 Å². The van der Waals surface area contributed by atoms with Crippen LogP contribution in [-0.2, 0) is 13.1 Å². The molecular formula is C16H13Cl2F3N2OS. The van der Waals surface area contributed by atoms with E-state index in [4.69, 9.17) is 35.4 Å². The Balaban J connectivity index is 1.84. The third kappa shape index (κ3) is 6.97. The van der Waals surface area contributed by atoms with E-state index in [0.29, 0.717) is 27.3 Å². The summed E-state index contributed by atoms with van der Waals surface area (Å²) in [6.45, 7) is 0.633. The highest BCUT2D eigenvalue weighted by atomic mass is 35.5. The van der Waals surface area contributed by atoms with Crippen LogP contribution < -0.4 is 15.4 Å². The summed E-state index contributed by atoms with van der Waals surface area (Å²) < 4.78 is 40.5. The standard InChI is InChI=1S/C16H13Cl2F3N2OS/c17-12-5-4-11(14(18)7-12)9-23-15(25)22-8-10-2-1-3-13(6-10)24-16(19,20)21/h1-7H,8-9H2,(H2,22,23,25). The number of hydrogen-bond acceptors (Lipinski definition) is 2. The lowest BCUT2D eigenvalue weighted by molar-refractivity contribution is -0.274. The van der Waals surface area contributed by atoms with Crippen molar-refractivity contribution in [2.24, 2.45) is 0 Å². The molecule has 134 valence electrons. The Morgan fingerprint density at radius 2 is 1.76 bits per heavy atom. The van der Waals surface area contributed by atoms with Crippen LogP contribution in [0.25, 0.3) is 0 Å². The van der Waals surface area contributed by atoms with Crippen LogP contribution in [0, 0.1) is 0 Å². The summed E-state index contributed by atoms with van der Waals surface area (Å²) in [5.74, 6) is -0.279. The first-order chi connectivity index (χ1) is 11.7. The molecule has 0 saturated heterocycles. The van der Waals surface area contributed by atoms with Crippen LogP contribution in [0.3, 0.4) is 0 Å². The largest absolute Gasteiger partial charge is 0.573 e. The highest BCUT2D eigenvalue weighted by Crippen LogP contribution is 2.23. The van der Waals surface area contributed by atoms with Crippen molar-refractivity contribution < 1.29 is 17.9 Å². The van der Waals surface area contributed by atoms with Gasteiger partial charge in [0.15, 0.2) is 5.11 Å². The number of thiocarbonyl (C=S) groups is 1. The molecule has 3 nitrogen and oxygen atoms in total. The first-order valence-corrected chi connectivity index (χ1v) is 8.20. The maximum absolute atomic E-state index is 12.2. The molecular weight excluding hydrogens is 396 g/mol. The average Bonchev–Trinajstić information content (AvgIpc) is 2.51. The second kappa shape index (κ2) is 8.60. The summed E-state index contributed by atoms with van der Waals surface area (Å²) in [7, 11) is 0. The highest BCUT2D eigenvalue weighted by molar-refractivity contribution is 7.80. The molecule has 0 bridgehead atoms. The number of alkyl halides is 3. The van der Waals surface area contributed by atoms with E-state index < -0.39 is 6.36 Å². The predicted molar refractivity (Wildman–Crippen MR) is 95.9 cm³/mol. The normalized spacial score (nSPS) is 11.1. The fraction of sp³-hybridized carbons (Fsp3) is 0.188. The molecule has 0 heterocycles. The van der Waals surface area contributed by atoms with Gasteiger partial charge in [-0.1, -0.05) is 41.4 Å². The SMILES string of the molecule is FC(F)(F)Oc1cccc(CNC(=S)NCc2ccc(Cl)cc2Cl)c1. The van der Waals surface area contributed by atoms with Crippen molar-refractivity contribution in [1.82, 2.24) is 10.6 Å². The summed E-state index contributed by atoms with van der Waals surface area (Å²) >= 11 is 17.0. The highest BCUT2D eigenvalue weighted by Gasteiger charge is 2.31. The molecule has 2 aromatic carbocycles. The van der Waals surface area contributed by atoms with Crippen LogP contribution in [0.1, 0.15) is 11.1 Å². The Morgan fingerprint density at radius 3 is 2.44 bits per heavy atom. The molecule has 0 aromatic heterocycles. The van der Waals surface area contributed by atoms with Crippen molar-refractivity contribution in [3.05, 3.63) is 63.6 Å². The first kappa shape index (κ1) is 19.6. The zero-order valence-electron chi connectivity index (χ0n) is 12.7. The lowest BCUT2D eigenvalue weighted by Gasteiger charge is -2.13. The van der Waals surface area contributed by atoms with Gasteiger partial charge < -0.3 is 15.4 Å². The van der Waals surface area contributed by atoms with Gasteiger partial charge in [-0.15, -0.1) is 13.2 Å². The van der Waals surface area contributed by atoms with Gasteiger partial charge >= 0.3 is 6.36 Å². The van der Waals surface area contributed by atoms with E-state index in [1.807, 2.05) is 0 Å². The van der Waals surface area contributed by atoms with Crippen molar-refractivity contribution in [1.29, 1.82) is 0 Å². The average molecular weight is 409 g/mol. The molecule has 0 radical (unpaired) electrons. The van der Waals surface area contributed by atoms with Crippen LogP contribution in [-0.4, -0.2) is 11.5 Å². The third-order valence-electron chi connectivity index (χ3n) is 3.04. The summed E-state index contributed by atoms with van der Waals surface area (Å²) in [5.41, 5.74) is 1.41. The van der Waals surface area contributed by atoms with Crippen LogP contribution >= 0.6 is 35.4 Å². The number of rotatable bonds is 5. The van der Waals surface area contributed by atoms with E-state index in [9.17, 15) is 13.2 Å². The van der Waals surface area contributed by atoms with Gasteiger partial charge in [-0.05, 0) is 47.6 Å². The van der Waals surface area contributed by atoms with E-state index in [-0.39, 0.29) is 12.3 Å². The Labute approximate surface area is 158 Å². The maximum Gasteiger partial charge on any atom is 0.573 e. The molecule has 2 rings (SSSR count). The topological polar surface area (TPSA) is 33.3 Å².